The minimum Gasteiger partial charge on any atom is -0.355 e. The van der Waals surface area contributed by atoms with Gasteiger partial charge in [-0.05, 0) is 24.6 Å². The van der Waals surface area contributed by atoms with E-state index in [1.54, 1.807) is 0 Å². The average Bonchev–Trinajstić information content (AvgIpc) is 2.26. The van der Waals surface area contributed by atoms with E-state index in [9.17, 15) is 4.79 Å². The lowest BCUT2D eigenvalue weighted by atomic mass is 9.84. The normalized spacial score (nSPS) is 13.2. The van der Waals surface area contributed by atoms with Gasteiger partial charge in [0.25, 0.3) is 0 Å². The molecule has 18 heavy (non-hydrogen) atoms. The summed E-state index contributed by atoms with van der Waals surface area (Å²) in [7, 11) is 0. The largest absolute Gasteiger partial charge is 0.355 e. The fourth-order valence-corrected chi connectivity index (χ4v) is 1.95. The minimum atomic E-state index is -0.0965. The summed E-state index contributed by atoms with van der Waals surface area (Å²) in [6.07, 6.45) is 0.371. The molecule has 3 nitrogen and oxygen atoms in total. The van der Waals surface area contributed by atoms with Gasteiger partial charge in [-0.25, -0.2) is 0 Å². The first kappa shape index (κ1) is 15.2. The molecule has 0 aliphatic rings. The molecule has 1 unspecified atom stereocenters. The fraction of sp³-hybridized carbons (Fsp3) is 0.500. The van der Waals surface area contributed by atoms with E-state index in [1.807, 2.05) is 19.1 Å². The van der Waals surface area contributed by atoms with Crippen molar-refractivity contribution in [2.24, 2.45) is 5.73 Å². The summed E-state index contributed by atoms with van der Waals surface area (Å²) in [5, 5.41) is 2.94. The van der Waals surface area contributed by atoms with E-state index < -0.39 is 0 Å². The molecule has 0 heterocycles. The van der Waals surface area contributed by atoms with Crippen molar-refractivity contribution in [1.29, 1.82) is 0 Å². The highest BCUT2D eigenvalue weighted by Gasteiger charge is 2.21. The minimum absolute atomic E-state index is 0.00943. The summed E-state index contributed by atoms with van der Waals surface area (Å²) in [5.41, 5.74) is 6.71. The number of rotatable bonds is 5. The molecule has 0 saturated carbocycles. The van der Waals surface area contributed by atoms with Crippen molar-refractivity contribution in [2.75, 3.05) is 6.54 Å². The number of nitrogens with two attached hydrogens (primary N) is 1. The van der Waals surface area contributed by atoms with Crippen LogP contribution in [-0.2, 0) is 10.2 Å². The molecule has 0 aliphatic heterocycles. The Bertz CT molecular complexity index is 399. The lowest BCUT2D eigenvalue weighted by Gasteiger charge is -2.26. The van der Waals surface area contributed by atoms with Gasteiger partial charge in [0, 0.05) is 28.9 Å². The van der Waals surface area contributed by atoms with Crippen molar-refractivity contribution in [3.05, 3.63) is 34.3 Å². The zero-order chi connectivity index (χ0) is 13.8. The molecule has 1 aromatic carbocycles. The molecule has 4 heteroatoms. The quantitative estimate of drug-likeness (QED) is 0.878. The molecule has 0 aromatic heterocycles. The van der Waals surface area contributed by atoms with Crippen molar-refractivity contribution in [1.82, 2.24) is 5.32 Å². The van der Waals surface area contributed by atoms with Crippen LogP contribution in [0.25, 0.3) is 0 Å². The molecule has 1 amide bonds. The van der Waals surface area contributed by atoms with Gasteiger partial charge in [0.15, 0.2) is 0 Å². The maximum Gasteiger partial charge on any atom is 0.221 e. The van der Waals surface area contributed by atoms with Crippen LogP contribution in [0.3, 0.4) is 0 Å². The Hall–Kier alpha value is -0.870. The topological polar surface area (TPSA) is 55.1 Å². The molecule has 0 bridgehead atoms. The van der Waals surface area contributed by atoms with Gasteiger partial charge in [-0.2, -0.15) is 0 Å². The second-order valence-corrected chi connectivity index (χ2v) is 6.26. The molecule has 0 aliphatic carbocycles. The van der Waals surface area contributed by atoms with Crippen molar-refractivity contribution in [3.8, 4) is 0 Å². The first-order chi connectivity index (χ1) is 8.31. The van der Waals surface area contributed by atoms with E-state index >= 15 is 0 Å². The summed E-state index contributed by atoms with van der Waals surface area (Å²) >= 11 is 3.42. The highest BCUT2D eigenvalue weighted by atomic mass is 79.9. The molecular formula is C14H21BrN2O. The summed E-state index contributed by atoms with van der Waals surface area (Å²) in [6, 6.07) is 8.08. The van der Waals surface area contributed by atoms with Crippen molar-refractivity contribution < 1.29 is 4.79 Å². The smallest absolute Gasteiger partial charge is 0.221 e. The van der Waals surface area contributed by atoms with Gasteiger partial charge in [-0.3, -0.25) is 4.79 Å². The number of carbonyl (C=O) groups excluding carboxylic acids is 1. The van der Waals surface area contributed by atoms with Gasteiger partial charge in [0.2, 0.25) is 5.91 Å². The number of benzene rings is 1. The number of carbonyl (C=O) groups is 1. The monoisotopic (exact) mass is 312 g/mol. The van der Waals surface area contributed by atoms with E-state index in [0.29, 0.717) is 13.0 Å². The Kier molecular flexibility index (Phi) is 5.35. The number of hydrogen-bond donors (Lipinski definition) is 2. The first-order valence-electron chi connectivity index (χ1n) is 6.09. The lowest BCUT2D eigenvalue weighted by Crippen LogP contribution is -2.38. The molecule has 100 valence electrons. The molecule has 1 atom stereocenters. The molecule has 3 N–H and O–H groups in total. The highest BCUT2D eigenvalue weighted by molar-refractivity contribution is 9.10. The van der Waals surface area contributed by atoms with Crippen LogP contribution in [0.5, 0.6) is 0 Å². The third-order valence-corrected chi connectivity index (χ3v) is 3.39. The third kappa shape index (κ3) is 4.78. The van der Waals surface area contributed by atoms with E-state index in [1.165, 1.54) is 5.56 Å². The van der Waals surface area contributed by atoms with Gasteiger partial charge in [0.1, 0.15) is 0 Å². The number of hydrogen-bond acceptors (Lipinski definition) is 2. The summed E-state index contributed by atoms with van der Waals surface area (Å²) in [6.45, 7) is 6.67. The van der Waals surface area contributed by atoms with Gasteiger partial charge >= 0.3 is 0 Å². The van der Waals surface area contributed by atoms with Gasteiger partial charge in [-0.15, -0.1) is 0 Å². The Morgan fingerprint density at radius 1 is 1.39 bits per heavy atom. The highest BCUT2D eigenvalue weighted by Crippen LogP contribution is 2.23. The molecule has 0 fully saturated rings. The predicted octanol–water partition coefficient (Wildman–Crippen LogP) is 2.58. The van der Waals surface area contributed by atoms with Crippen molar-refractivity contribution >= 4 is 21.8 Å². The van der Waals surface area contributed by atoms with E-state index in [2.05, 4.69) is 47.2 Å². The lowest BCUT2D eigenvalue weighted by molar-refractivity contribution is -0.121. The Labute approximate surface area is 117 Å². The first-order valence-corrected chi connectivity index (χ1v) is 6.89. The van der Waals surface area contributed by atoms with Gasteiger partial charge in [-0.1, -0.05) is 41.9 Å². The Morgan fingerprint density at radius 3 is 2.44 bits per heavy atom. The van der Waals surface area contributed by atoms with E-state index in [4.69, 9.17) is 5.73 Å². The molecular weight excluding hydrogens is 292 g/mol. The zero-order valence-corrected chi connectivity index (χ0v) is 12.8. The van der Waals surface area contributed by atoms with Crippen LogP contribution in [-0.4, -0.2) is 18.5 Å². The molecule has 1 aromatic rings. The summed E-state index contributed by atoms with van der Waals surface area (Å²) < 4.78 is 1.06. The number of halogens is 1. The summed E-state index contributed by atoms with van der Waals surface area (Å²) in [4.78, 5) is 11.6. The second kappa shape index (κ2) is 6.34. The van der Waals surface area contributed by atoms with Crippen LogP contribution in [0.2, 0.25) is 0 Å². The van der Waals surface area contributed by atoms with Crippen LogP contribution in [0.4, 0.5) is 0 Å². The fourth-order valence-electron chi connectivity index (χ4n) is 1.69. The van der Waals surface area contributed by atoms with Crippen LogP contribution in [0, 0.1) is 0 Å². The van der Waals surface area contributed by atoms with E-state index in [0.717, 1.165) is 4.47 Å². The number of amides is 1. The van der Waals surface area contributed by atoms with Crippen LogP contribution in [0.15, 0.2) is 28.7 Å². The predicted molar refractivity (Wildman–Crippen MR) is 78.4 cm³/mol. The maximum atomic E-state index is 11.6. The third-order valence-electron chi connectivity index (χ3n) is 2.86. The average molecular weight is 313 g/mol. The van der Waals surface area contributed by atoms with Crippen LogP contribution >= 0.6 is 15.9 Å². The molecule has 0 radical (unpaired) electrons. The number of nitrogens with one attached hydrogen (secondary N) is 1. The Morgan fingerprint density at radius 2 is 1.94 bits per heavy atom. The zero-order valence-electron chi connectivity index (χ0n) is 11.2. The maximum absolute atomic E-state index is 11.6. The standard InChI is InChI=1S/C14H21BrN2O/c1-10(16)8-13(18)17-9-14(2,3)11-4-6-12(15)7-5-11/h4-7,10H,8-9,16H2,1-3H3,(H,17,18). The molecule has 0 saturated heterocycles. The van der Waals surface area contributed by atoms with Crippen LogP contribution in [0.1, 0.15) is 32.8 Å². The van der Waals surface area contributed by atoms with Crippen LogP contribution < -0.4 is 11.1 Å². The molecule has 1 rings (SSSR count). The van der Waals surface area contributed by atoms with Gasteiger partial charge < -0.3 is 11.1 Å². The SMILES string of the molecule is CC(N)CC(=O)NCC(C)(C)c1ccc(Br)cc1. The van der Waals surface area contributed by atoms with Gasteiger partial charge in [0.05, 0.1) is 0 Å². The van der Waals surface area contributed by atoms with E-state index in [-0.39, 0.29) is 17.4 Å². The summed E-state index contributed by atoms with van der Waals surface area (Å²) in [5.74, 6) is 0.00943. The Balaban J connectivity index is 2.59. The molecule has 0 spiro atoms. The second-order valence-electron chi connectivity index (χ2n) is 5.35. The van der Waals surface area contributed by atoms with Crippen molar-refractivity contribution in [3.63, 3.8) is 0 Å². The van der Waals surface area contributed by atoms with Crippen molar-refractivity contribution in [2.45, 2.75) is 38.6 Å².